The third kappa shape index (κ3) is 5.35. The zero-order valence-corrected chi connectivity index (χ0v) is 10.2. The predicted octanol–water partition coefficient (Wildman–Crippen LogP) is 0.832. The van der Waals surface area contributed by atoms with Crippen molar-refractivity contribution in [1.82, 2.24) is 15.2 Å². The molecule has 0 aliphatic heterocycles. The largest absolute Gasteiger partial charge is 0.491 e. The van der Waals surface area contributed by atoms with Crippen LogP contribution < -0.4 is 16.0 Å². The molecule has 0 spiro atoms. The molecule has 0 bridgehead atoms. The number of nitrogens with one attached hydrogen (secondary N) is 1. The number of nitrogens with two attached hydrogens (primary N) is 1. The van der Waals surface area contributed by atoms with E-state index in [1.54, 1.807) is 6.20 Å². The molecule has 0 radical (unpaired) electrons. The summed E-state index contributed by atoms with van der Waals surface area (Å²) in [6.45, 7) is 3.44. The molecule has 0 aliphatic carbocycles. The fourth-order valence-corrected chi connectivity index (χ4v) is 1.52. The topological polar surface area (TPSA) is 82.2 Å². The summed E-state index contributed by atoms with van der Waals surface area (Å²) in [5.41, 5.74) is 2.12. The minimum atomic E-state index is -0.109. The van der Waals surface area contributed by atoms with E-state index in [1.807, 2.05) is 17.8 Å². The Morgan fingerprint density at radius 1 is 1.53 bits per heavy atom. The summed E-state index contributed by atoms with van der Waals surface area (Å²) in [7, 11) is 0. The van der Waals surface area contributed by atoms with Crippen LogP contribution in [-0.2, 0) is 11.3 Å². The number of hydrogen-bond acceptors (Lipinski definition) is 4. The van der Waals surface area contributed by atoms with E-state index in [2.05, 4.69) is 10.5 Å². The number of carbonyl (C=O) groups excluding carboxylic acids is 1. The van der Waals surface area contributed by atoms with E-state index in [1.165, 1.54) is 0 Å². The van der Waals surface area contributed by atoms with Crippen molar-refractivity contribution in [3.8, 4) is 5.75 Å². The lowest BCUT2D eigenvalue weighted by atomic mass is 10.2. The van der Waals surface area contributed by atoms with Gasteiger partial charge in [0.15, 0.2) is 5.75 Å². The molecule has 1 aromatic rings. The molecule has 3 N–H and O–H groups in total. The second-order valence-electron chi connectivity index (χ2n) is 3.75. The minimum Gasteiger partial charge on any atom is -0.491 e. The SMILES string of the molecule is CCOc1cnn(CCCCCC(=O)NN)c1. The monoisotopic (exact) mass is 240 g/mol. The number of unbranched alkanes of at least 4 members (excludes halogenated alkanes) is 2. The van der Waals surface area contributed by atoms with E-state index < -0.39 is 0 Å². The maximum absolute atomic E-state index is 10.8. The van der Waals surface area contributed by atoms with E-state index in [-0.39, 0.29) is 5.91 Å². The third-order valence-corrected chi connectivity index (χ3v) is 2.37. The van der Waals surface area contributed by atoms with Gasteiger partial charge in [-0.1, -0.05) is 6.42 Å². The van der Waals surface area contributed by atoms with E-state index in [4.69, 9.17) is 10.6 Å². The molecule has 1 amide bonds. The molecule has 6 heteroatoms. The van der Waals surface area contributed by atoms with Crippen molar-refractivity contribution in [1.29, 1.82) is 0 Å². The van der Waals surface area contributed by atoms with Crippen LogP contribution >= 0.6 is 0 Å². The van der Waals surface area contributed by atoms with Crippen LogP contribution in [0.1, 0.15) is 32.6 Å². The summed E-state index contributed by atoms with van der Waals surface area (Å²) in [4.78, 5) is 10.8. The molecular formula is C11H20N4O2. The smallest absolute Gasteiger partial charge is 0.233 e. The number of hydrazine groups is 1. The first kappa shape index (κ1) is 13.5. The molecule has 0 saturated heterocycles. The zero-order chi connectivity index (χ0) is 12.5. The summed E-state index contributed by atoms with van der Waals surface area (Å²) in [6.07, 6.45) is 6.91. The molecule has 0 saturated carbocycles. The van der Waals surface area contributed by atoms with Crippen molar-refractivity contribution in [2.75, 3.05) is 6.61 Å². The molecule has 0 unspecified atom stereocenters. The van der Waals surface area contributed by atoms with Crippen LogP contribution in [0.25, 0.3) is 0 Å². The lowest BCUT2D eigenvalue weighted by molar-refractivity contribution is -0.121. The highest BCUT2D eigenvalue weighted by Crippen LogP contribution is 2.09. The predicted molar refractivity (Wildman–Crippen MR) is 64.2 cm³/mol. The number of amides is 1. The van der Waals surface area contributed by atoms with Crippen LogP contribution in [0, 0.1) is 0 Å². The van der Waals surface area contributed by atoms with E-state index >= 15 is 0 Å². The first-order valence-electron chi connectivity index (χ1n) is 5.91. The molecule has 1 rings (SSSR count). The van der Waals surface area contributed by atoms with Gasteiger partial charge < -0.3 is 4.74 Å². The summed E-state index contributed by atoms with van der Waals surface area (Å²) < 4.78 is 7.17. The summed E-state index contributed by atoms with van der Waals surface area (Å²) in [5.74, 6) is 5.67. The van der Waals surface area contributed by atoms with Crippen LogP contribution in [0.2, 0.25) is 0 Å². The van der Waals surface area contributed by atoms with E-state index in [0.717, 1.165) is 31.6 Å². The van der Waals surface area contributed by atoms with Crippen molar-refractivity contribution >= 4 is 5.91 Å². The van der Waals surface area contributed by atoms with Gasteiger partial charge in [-0.2, -0.15) is 5.10 Å². The molecule has 1 heterocycles. The molecule has 0 atom stereocenters. The Hall–Kier alpha value is -1.56. The first-order chi connectivity index (χ1) is 8.26. The van der Waals surface area contributed by atoms with Crippen LogP contribution in [-0.4, -0.2) is 22.3 Å². The van der Waals surface area contributed by atoms with Crippen LogP contribution in [0.4, 0.5) is 0 Å². The molecule has 6 nitrogen and oxygen atoms in total. The second kappa shape index (κ2) is 7.67. The average Bonchev–Trinajstić information content (AvgIpc) is 2.76. The molecule has 0 fully saturated rings. The quantitative estimate of drug-likeness (QED) is 0.305. The van der Waals surface area contributed by atoms with Gasteiger partial charge in [-0.3, -0.25) is 14.9 Å². The molecule has 96 valence electrons. The van der Waals surface area contributed by atoms with Crippen molar-refractivity contribution in [2.24, 2.45) is 5.84 Å². The second-order valence-corrected chi connectivity index (χ2v) is 3.75. The van der Waals surface area contributed by atoms with Gasteiger partial charge in [0.05, 0.1) is 19.0 Å². The van der Waals surface area contributed by atoms with Crippen LogP contribution in [0.3, 0.4) is 0 Å². The number of hydrogen-bond donors (Lipinski definition) is 2. The molecular weight excluding hydrogens is 220 g/mol. The first-order valence-corrected chi connectivity index (χ1v) is 5.91. The van der Waals surface area contributed by atoms with Gasteiger partial charge in [0.25, 0.3) is 0 Å². The van der Waals surface area contributed by atoms with Crippen LogP contribution in [0.15, 0.2) is 12.4 Å². The Bertz CT molecular complexity index is 338. The van der Waals surface area contributed by atoms with Crippen molar-refractivity contribution in [3.05, 3.63) is 12.4 Å². The minimum absolute atomic E-state index is 0.109. The number of ether oxygens (including phenoxy) is 1. The Balaban J connectivity index is 2.11. The Kier molecular flexibility index (Phi) is 6.09. The highest BCUT2D eigenvalue weighted by Gasteiger charge is 2.00. The van der Waals surface area contributed by atoms with Crippen molar-refractivity contribution in [3.63, 3.8) is 0 Å². The van der Waals surface area contributed by atoms with Gasteiger partial charge in [0, 0.05) is 13.0 Å². The number of aromatic nitrogens is 2. The average molecular weight is 240 g/mol. The van der Waals surface area contributed by atoms with Gasteiger partial charge in [0.2, 0.25) is 5.91 Å². The Labute approximate surface area is 101 Å². The van der Waals surface area contributed by atoms with Gasteiger partial charge >= 0.3 is 0 Å². The number of carbonyl (C=O) groups is 1. The normalized spacial score (nSPS) is 10.2. The number of nitrogens with zero attached hydrogens (tertiary/aromatic N) is 2. The van der Waals surface area contributed by atoms with E-state index in [0.29, 0.717) is 13.0 Å². The lowest BCUT2D eigenvalue weighted by Crippen LogP contribution is -2.29. The van der Waals surface area contributed by atoms with E-state index in [9.17, 15) is 4.79 Å². The molecule has 17 heavy (non-hydrogen) atoms. The maximum Gasteiger partial charge on any atom is 0.233 e. The standard InChI is InChI=1S/C11H20N4O2/c1-2-17-10-8-13-15(9-10)7-5-3-4-6-11(16)14-12/h8-9H,2-7,12H2,1H3,(H,14,16). The van der Waals surface area contributed by atoms with Gasteiger partial charge in [0.1, 0.15) is 0 Å². The Morgan fingerprint density at radius 3 is 3.06 bits per heavy atom. The number of aryl methyl sites for hydroxylation is 1. The highest BCUT2D eigenvalue weighted by molar-refractivity contribution is 5.74. The summed E-state index contributed by atoms with van der Waals surface area (Å²) in [5, 5.41) is 4.18. The van der Waals surface area contributed by atoms with Crippen molar-refractivity contribution in [2.45, 2.75) is 39.2 Å². The Morgan fingerprint density at radius 2 is 2.35 bits per heavy atom. The highest BCUT2D eigenvalue weighted by atomic mass is 16.5. The van der Waals surface area contributed by atoms with Gasteiger partial charge in [-0.05, 0) is 19.8 Å². The van der Waals surface area contributed by atoms with Crippen molar-refractivity contribution < 1.29 is 9.53 Å². The third-order valence-electron chi connectivity index (χ3n) is 2.37. The maximum atomic E-state index is 10.8. The fraction of sp³-hybridized carbons (Fsp3) is 0.636. The summed E-state index contributed by atoms with van der Waals surface area (Å²) >= 11 is 0. The van der Waals surface area contributed by atoms with Gasteiger partial charge in [-0.25, -0.2) is 5.84 Å². The molecule has 0 aliphatic rings. The lowest BCUT2D eigenvalue weighted by Gasteiger charge is -2.01. The van der Waals surface area contributed by atoms with Crippen LogP contribution in [0.5, 0.6) is 5.75 Å². The van der Waals surface area contributed by atoms with Gasteiger partial charge in [-0.15, -0.1) is 0 Å². The molecule has 0 aromatic carbocycles. The summed E-state index contributed by atoms with van der Waals surface area (Å²) in [6, 6.07) is 0. The fourth-order valence-electron chi connectivity index (χ4n) is 1.52. The zero-order valence-electron chi connectivity index (χ0n) is 10.2. The molecule has 1 aromatic heterocycles. The number of rotatable bonds is 8.